The van der Waals surface area contributed by atoms with Gasteiger partial charge in [0.2, 0.25) is 12.0 Å². The number of carbonyl (C=O) groups is 1. The lowest BCUT2D eigenvalue weighted by Crippen LogP contribution is -2.21. The summed E-state index contributed by atoms with van der Waals surface area (Å²) >= 11 is 6.34. The standard InChI is InChI=1S/C11H18N3O5PS2/c1-4-16-20(21,17-5-2)19-10(12)9(18-7(3)15)8-6-22-11(13)14-8/h6,9,12H,4-5H2,1-3H3,(H2,13,14). The van der Waals surface area contributed by atoms with Crippen LogP contribution in [0.25, 0.3) is 0 Å². The monoisotopic (exact) mass is 367 g/mol. The van der Waals surface area contributed by atoms with Crippen molar-refractivity contribution in [1.82, 2.24) is 4.98 Å². The fourth-order valence-electron chi connectivity index (χ4n) is 1.41. The molecule has 0 aromatic carbocycles. The van der Waals surface area contributed by atoms with E-state index in [-0.39, 0.29) is 24.0 Å². The SMILES string of the molecule is CCOP(=S)(OCC)OC(=N)C(OC(C)=O)c1csc(N)n1. The third-order valence-electron chi connectivity index (χ3n) is 2.11. The van der Waals surface area contributed by atoms with Gasteiger partial charge in [-0.1, -0.05) is 0 Å². The number of anilines is 1. The van der Waals surface area contributed by atoms with Crippen LogP contribution in [0.3, 0.4) is 0 Å². The van der Waals surface area contributed by atoms with Crippen LogP contribution in [-0.4, -0.2) is 30.1 Å². The molecule has 0 amide bonds. The van der Waals surface area contributed by atoms with E-state index in [2.05, 4.69) is 4.98 Å². The number of hydrogen-bond donors (Lipinski definition) is 2. The summed E-state index contributed by atoms with van der Waals surface area (Å²) in [6.45, 7) is 2.10. The Morgan fingerprint density at radius 2 is 2.09 bits per heavy atom. The molecule has 1 aromatic rings. The Kier molecular flexibility index (Phi) is 7.37. The van der Waals surface area contributed by atoms with Gasteiger partial charge in [-0.25, -0.2) is 4.98 Å². The van der Waals surface area contributed by atoms with Gasteiger partial charge >= 0.3 is 12.7 Å². The minimum atomic E-state index is -3.12. The van der Waals surface area contributed by atoms with Gasteiger partial charge < -0.3 is 15.0 Å². The number of hydrogen-bond acceptors (Lipinski definition) is 10. The second-order valence-electron chi connectivity index (χ2n) is 3.84. The van der Waals surface area contributed by atoms with Crippen LogP contribution in [0.5, 0.6) is 0 Å². The predicted octanol–water partition coefficient (Wildman–Crippen LogP) is 2.62. The molecule has 0 saturated heterocycles. The molecular weight excluding hydrogens is 349 g/mol. The summed E-state index contributed by atoms with van der Waals surface area (Å²) in [7, 11) is 0. The van der Waals surface area contributed by atoms with Crippen LogP contribution in [0.15, 0.2) is 5.38 Å². The number of nitrogens with zero attached hydrogens (tertiary/aromatic N) is 1. The molecule has 22 heavy (non-hydrogen) atoms. The minimum absolute atomic E-state index is 0.270. The van der Waals surface area contributed by atoms with E-state index in [9.17, 15) is 4.79 Å². The van der Waals surface area contributed by atoms with E-state index in [1.54, 1.807) is 19.2 Å². The molecule has 1 unspecified atom stereocenters. The maximum Gasteiger partial charge on any atom is 0.381 e. The van der Waals surface area contributed by atoms with Crippen molar-refractivity contribution in [2.45, 2.75) is 26.9 Å². The first-order valence-electron chi connectivity index (χ1n) is 6.36. The molecule has 0 aliphatic rings. The van der Waals surface area contributed by atoms with E-state index in [0.717, 1.165) is 11.3 Å². The Morgan fingerprint density at radius 3 is 2.50 bits per heavy atom. The number of esters is 1. The van der Waals surface area contributed by atoms with E-state index in [4.69, 9.17) is 41.3 Å². The molecular formula is C11H18N3O5PS2. The quantitative estimate of drug-likeness (QED) is 0.312. The van der Waals surface area contributed by atoms with Gasteiger partial charge in [-0.05, 0) is 13.8 Å². The molecule has 1 heterocycles. The largest absolute Gasteiger partial charge is 0.446 e. The molecule has 8 nitrogen and oxygen atoms in total. The zero-order valence-corrected chi connectivity index (χ0v) is 14.9. The molecule has 1 rings (SSSR count). The number of nitrogen functional groups attached to an aromatic ring is 1. The van der Waals surface area contributed by atoms with Gasteiger partial charge in [-0.2, -0.15) is 0 Å². The van der Waals surface area contributed by atoms with Crippen LogP contribution >= 0.6 is 18.1 Å². The molecule has 0 bridgehead atoms. The minimum Gasteiger partial charge on any atom is -0.446 e. The number of aromatic nitrogens is 1. The molecule has 0 aliphatic carbocycles. The molecule has 0 radical (unpaired) electrons. The third kappa shape index (κ3) is 5.62. The van der Waals surface area contributed by atoms with Crippen LogP contribution in [0.2, 0.25) is 0 Å². The number of rotatable bonds is 8. The first kappa shape index (κ1) is 19.0. The highest BCUT2D eigenvalue weighted by molar-refractivity contribution is 8.07. The highest BCUT2D eigenvalue weighted by Gasteiger charge is 2.31. The van der Waals surface area contributed by atoms with E-state index >= 15 is 0 Å². The van der Waals surface area contributed by atoms with Gasteiger partial charge in [0, 0.05) is 24.1 Å². The molecule has 124 valence electrons. The van der Waals surface area contributed by atoms with E-state index < -0.39 is 24.7 Å². The first-order valence-corrected chi connectivity index (χ1v) is 9.80. The Bertz CT molecular complexity index is 570. The Hall–Kier alpha value is -1.06. The van der Waals surface area contributed by atoms with Crippen LogP contribution < -0.4 is 5.73 Å². The lowest BCUT2D eigenvalue weighted by atomic mass is 10.3. The summed E-state index contributed by atoms with van der Waals surface area (Å²) < 4.78 is 21.0. The lowest BCUT2D eigenvalue weighted by molar-refractivity contribution is -0.144. The van der Waals surface area contributed by atoms with E-state index in [1.165, 1.54) is 6.92 Å². The molecule has 3 N–H and O–H groups in total. The molecule has 11 heteroatoms. The maximum atomic E-state index is 11.2. The number of carbonyl (C=O) groups excluding carboxylic acids is 1. The van der Waals surface area contributed by atoms with Crippen molar-refractivity contribution in [3.05, 3.63) is 11.1 Å². The second-order valence-corrected chi connectivity index (χ2v) is 7.66. The highest BCUT2D eigenvalue weighted by Crippen LogP contribution is 2.50. The zero-order chi connectivity index (χ0) is 16.8. The number of nitrogens with one attached hydrogen (secondary N) is 1. The fraction of sp³-hybridized carbons (Fsp3) is 0.545. The molecule has 0 spiro atoms. The average Bonchev–Trinajstić information content (AvgIpc) is 2.82. The molecule has 1 atom stereocenters. The van der Waals surface area contributed by atoms with Crippen LogP contribution in [0.1, 0.15) is 32.6 Å². The van der Waals surface area contributed by atoms with Crippen molar-refractivity contribution >= 4 is 46.9 Å². The summed E-state index contributed by atoms with van der Waals surface area (Å²) in [4.78, 5) is 15.2. The Balaban J connectivity index is 2.96. The smallest absolute Gasteiger partial charge is 0.381 e. The second kappa shape index (κ2) is 8.54. The van der Waals surface area contributed by atoms with Crippen molar-refractivity contribution in [1.29, 1.82) is 5.41 Å². The summed E-state index contributed by atoms with van der Waals surface area (Å²) in [5.74, 6) is -1.00. The Labute approximate surface area is 137 Å². The van der Waals surface area contributed by atoms with E-state index in [1.807, 2.05) is 0 Å². The third-order valence-corrected chi connectivity index (χ3v) is 5.23. The van der Waals surface area contributed by atoms with E-state index in [0.29, 0.717) is 0 Å². The Morgan fingerprint density at radius 1 is 1.50 bits per heavy atom. The summed E-state index contributed by atoms with van der Waals surface area (Å²) in [5, 5.41) is 9.89. The number of nitrogens with two attached hydrogens (primary N) is 1. The topological polar surface area (TPSA) is 117 Å². The van der Waals surface area contributed by atoms with Gasteiger partial charge in [0.1, 0.15) is 5.69 Å². The van der Waals surface area contributed by atoms with Crippen molar-refractivity contribution in [3.8, 4) is 0 Å². The highest BCUT2D eigenvalue weighted by atomic mass is 32.5. The van der Waals surface area contributed by atoms with Gasteiger partial charge in [0.15, 0.2) is 5.13 Å². The molecule has 0 saturated carbocycles. The van der Waals surface area contributed by atoms with Gasteiger partial charge in [-0.3, -0.25) is 19.3 Å². The molecule has 0 fully saturated rings. The summed E-state index contributed by atoms with van der Waals surface area (Å²) in [6.07, 6.45) is -1.14. The normalized spacial score (nSPS) is 12.7. The summed E-state index contributed by atoms with van der Waals surface area (Å²) in [6, 6.07) is 0. The van der Waals surface area contributed by atoms with Crippen LogP contribution in [-0.2, 0) is 34.9 Å². The van der Waals surface area contributed by atoms with Gasteiger partial charge in [-0.15, -0.1) is 11.3 Å². The van der Waals surface area contributed by atoms with Crippen molar-refractivity contribution in [2.75, 3.05) is 18.9 Å². The first-order chi connectivity index (χ1) is 10.3. The van der Waals surface area contributed by atoms with Crippen molar-refractivity contribution < 1.29 is 23.1 Å². The molecule has 1 aromatic heterocycles. The molecule has 0 aliphatic heterocycles. The average molecular weight is 367 g/mol. The maximum absolute atomic E-state index is 11.2. The lowest BCUT2D eigenvalue weighted by Gasteiger charge is -2.24. The predicted molar refractivity (Wildman–Crippen MR) is 87.4 cm³/mol. The van der Waals surface area contributed by atoms with Gasteiger partial charge in [0.05, 0.1) is 13.2 Å². The van der Waals surface area contributed by atoms with Crippen molar-refractivity contribution in [2.24, 2.45) is 0 Å². The fourth-order valence-corrected chi connectivity index (χ4v) is 4.01. The number of ether oxygens (including phenoxy) is 1. The van der Waals surface area contributed by atoms with Crippen LogP contribution in [0.4, 0.5) is 5.13 Å². The van der Waals surface area contributed by atoms with Crippen LogP contribution in [0, 0.1) is 5.41 Å². The summed E-state index contributed by atoms with van der Waals surface area (Å²) in [5.41, 5.74) is 5.85. The van der Waals surface area contributed by atoms with Gasteiger partial charge in [0.25, 0.3) is 0 Å². The zero-order valence-electron chi connectivity index (χ0n) is 12.4. The number of thiazole rings is 1. The van der Waals surface area contributed by atoms with Crippen molar-refractivity contribution in [3.63, 3.8) is 0 Å².